The van der Waals surface area contributed by atoms with Gasteiger partial charge in [-0.15, -0.1) is 0 Å². The maximum atomic E-state index is 5.19. The number of rotatable bonds is 1. The van der Waals surface area contributed by atoms with Gasteiger partial charge in [-0.05, 0) is 0 Å². The molecule has 0 aromatic rings. The van der Waals surface area contributed by atoms with Crippen molar-refractivity contribution >= 4 is 23.2 Å². The Hall–Kier alpha value is 0.0600. The molecule has 0 saturated carbocycles. The molecule has 0 saturated heterocycles. The third-order valence-corrected chi connectivity index (χ3v) is 0.847. The minimum atomic E-state index is 0.302. The summed E-state index contributed by atoms with van der Waals surface area (Å²) in [5.41, 5.74) is 0. The van der Waals surface area contributed by atoms with E-state index in [0.717, 1.165) is 0 Å². The van der Waals surface area contributed by atoms with E-state index in [1.807, 2.05) is 0 Å². The first-order valence-corrected chi connectivity index (χ1v) is 2.09. The fourth-order valence-electron chi connectivity index (χ4n) is 0. The van der Waals surface area contributed by atoms with Crippen LogP contribution in [-0.4, -0.2) is 0 Å². The zero-order valence-corrected chi connectivity index (χ0v) is 4.68. The molecule has 0 rings (SSSR count). The predicted octanol–water partition coefficient (Wildman–Crippen LogP) is 2.49. The molecule has 0 aromatic carbocycles. The Balaban J connectivity index is 3.57. The van der Waals surface area contributed by atoms with Crippen LogP contribution < -0.4 is 0 Å². The minimum Gasteiger partial charge on any atom is -0.0834 e. The van der Waals surface area contributed by atoms with Gasteiger partial charge in [0.1, 0.15) is 0 Å². The Kier molecular flexibility index (Phi) is 2.29. The first-order chi connectivity index (χ1) is 2.64. The van der Waals surface area contributed by atoms with Gasteiger partial charge in [-0.1, -0.05) is 36.4 Å². The van der Waals surface area contributed by atoms with Gasteiger partial charge < -0.3 is 0 Å². The summed E-state index contributed by atoms with van der Waals surface area (Å²) in [6.07, 6.45) is 0. The molecule has 0 spiro atoms. The zero-order valence-electron chi connectivity index (χ0n) is 3.17. The van der Waals surface area contributed by atoms with Crippen LogP contribution in [0.15, 0.2) is 23.2 Å². The lowest BCUT2D eigenvalue weighted by atomic mass is 10.6. The highest BCUT2D eigenvalue weighted by atomic mass is 35.5. The Morgan fingerprint density at radius 1 is 1.00 bits per heavy atom. The van der Waals surface area contributed by atoms with Crippen molar-refractivity contribution in [3.05, 3.63) is 23.2 Å². The molecular weight excluding hydrogens is 119 g/mol. The summed E-state index contributed by atoms with van der Waals surface area (Å²) in [5, 5.41) is 0.605. The maximum absolute atomic E-state index is 5.19. The quantitative estimate of drug-likeness (QED) is 0.470. The topological polar surface area (TPSA) is 0 Å². The van der Waals surface area contributed by atoms with E-state index in [4.69, 9.17) is 23.2 Å². The van der Waals surface area contributed by atoms with Crippen LogP contribution in [0.2, 0.25) is 0 Å². The highest BCUT2D eigenvalue weighted by molar-refractivity contribution is 6.43. The SMILES string of the molecule is C=C(Cl)C(=C)Cl. The number of hydrogen-bond donors (Lipinski definition) is 0. The summed E-state index contributed by atoms with van der Waals surface area (Å²) in [4.78, 5) is 0. The van der Waals surface area contributed by atoms with Crippen LogP contribution in [0.5, 0.6) is 0 Å². The van der Waals surface area contributed by atoms with E-state index in [0.29, 0.717) is 10.1 Å². The van der Waals surface area contributed by atoms with Gasteiger partial charge in [0, 0.05) is 0 Å². The van der Waals surface area contributed by atoms with Crippen LogP contribution in [0.25, 0.3) is 0 Å². The highest BCUT2D eigenvalue weighted by Crippen LogP contribution is 2.12. The van der Waals surface area contributed by atoms with Crippen molar-refractivity contribution < 1.29 is 0 Å². The molecule has 2 heteroatoms. The largest absolute Gasteiger partial charge is 0.0834 e. The Bertz CT molecular complexity index is 71.5. The molecule has 0 aliphatic rings. The number of allylic oxidation sites excluding steroid dienone is 2. The van der Waals surface area contributed by atoms with E-state index in [1.165, 1.54) is 0 Å². The van der Waals surface area contributed by atoms with E-state index < -0.39 is 0 Å². The van der Waals surface area contributed by atoms with Crippen molar-refractivity contribution in [1.82, 2.24) is 0 Å². The summed E-state index contributed by atoms with van der Waals surface area (Å²) in [7, 11) is 0. The molecule has 0 nitrogen and oxygen atoms in total. The molecular formula is C4H4Cl2. The van der Waals surface area contributed by atoms with Gasteiger partial charge in [0.05, 0.1) is 10.1 Å². The normalized spacial score (nSPS) is 7.67. The van der Waals surface area contributed by atoms with Crippen molar-refractivity contribution in [3.63, 3.8) is 0 Å². The van der Waals surface area contributed by atoms with Gasteiger partial charge in [-0.25, -0.2) is 0 Å². The predicted molar refractivity (Wildman–Crippen MR) is 30.0 cm³/mol. The minimum absolute atomic E-state index is 0.302. The molecule has 0 N–H and O–H groups in total. The summed E-state index contributed by atoms with van der Waals surface area (Å²) in [6, 6.07) is 0. The Labute approximate surface area is 47.1 Å². The third kappa shape index (κ3) is 2.31. The fourth-order valence-corrected chi connectivity index (χ4v) is 0. The van der Waals surface area contributed by atoms with E-state index in [2.05, 4.69) is 13.2 Å². The molecule has 6 heavy (non-hydrogen) atoms. The summed E-state index contributed by atoms with van der Waals surface area (Å²) in [5.74, 6) is 0. The summed E-state index contributed by atoms with van der Waals surface area (Å²) in [6.45, 7) is 6.58. The second-order valence-corrected chi connectivity index (χ2v) is 1.72. The van der Waals surface area contributed by atoms with E-state index in [1.54, 1.807) is 0 Å². The van der Waals surface area contributed by atoms with E-state index >= 15 is 0 Å². The molecule has 0 atom stereocenters. The average Bonchev–Trinajstić information content (AvgIpc) is 1.36. The molecule has 0 bridgehead atoms. The lowest BCUT2D eigenvalue weighted by molar-refractivity contribution is 1.94. The zero-order chi connectivity index (χ0) is 5.15. The van der Waals surface area contributed by atoms with Gasteiger partial charge in [-0.2, -0.15) is 0 Å². The molecule has 0 heterocycles. The lowest BCUT2D eigenvalue weighted by Gasteiger charge is -1.81. The molecule has 0 aromatic heterocycles. The standard InChI is InChI=1S/C4H4Cl2/c1-3(5)4(2)6/h1-2H2. The van der Waals surface area contributed by atoms with Crippen LogP contribution >= 0.6 is 23.2 Å². The van der Waals surface area contributed by atoms with Crippen LogP contribution in [-0.2, 0) is 0 Å². The van der Waals surface area contributed by atoms with Crippen molar-refractivity contribution in [2.45, 2.75) is 0 Å². The van der Waals surface area contributed by atoms with Crippen LogP contribution in [0.3, 0.4) is 0 Å². The van der Waals surface area contributed by atoms with Crippen molar-refractivity contribution in [3.8, 4) is 0 Å². The molecule has 0 aliphatic carbocycles. The maximum Gasteiger partial charge on any atom is 0.0514 e. The molecule has 0 fully saturated rings. The van der Waals surface area contributed by atoms with Gasteiger partial charge in [0.25, 0.3) is 0 Å². The average molecular weight is 123 g/mol. The first kappa shape index (κ1) is 6.06. The number of halogens is 2. The Morgan fingerprint density at radius 2 is 1.17 bits per heavy atom. The molecule has 0 aliphatic heterocycles. The van der Waals surface area contributed by atoms with E-state index in [-0.39, 0.29) is 0 Å². The lowest BCUT2D eigenvalue weighted by Crippen LogP contribution is -1.57. The molecule has 0 radical (unpaired) electrons. The second kappa shape index (κ2) is 2.27. The van der Waals surface area contributed by atoms with Gasteiger partial charge in [0.15, 0.2) is 0 Å². The summed E-state index contributed by atoms with van der Waals surface area (Å²) >= 11 is 10.4. The summed E-state index contributed by atoms with van der Waals surface area (Å²) < 4.78 is 0. The third-order valence-electron chi connectivity index (χ3n) is 0.294. The van der Waals surface area contributed by atoms with Crippen molar-refractivity contribution in [2.75, 3.05) is 0 Å². The van der Waals surface area contributed by atoms with Crippen molar-refractivity contribution in [2.24, 2.45) is 0 Å². The first-order valence-electron chi connectivity index (χ1n) is 1.34. The van der Waals surface area contributed by atoms with Crippen LogP contribution in [0.4, 0.5) is 0 Å². The fraction of sp³-hybridized carbons (Fsp3) is 0. The second-order valence-electron chi connectivity index (χ2n) is 0.810. The molecule has 0 amide bonds. The number of hydrogen-bond acceptors (Lipinski definition) is 0. The van der Waals surface area contributed by atoms with Crippen LogP contribution in [0, 0.1) is 0 Å². The van der Waals surface area contributed by atoms with Gasteiger partial charge >= 0.3 is 0 Å². The van der Waals surface area contributed by atoms with Gasteiger partial charge in [-0.3, -0.25) is 0 Å². The van der Waals surface area contributed by atoms with Crippen molar-refractivity contribution in [1.29, 1.82) is 0 Å². The Morgan fingerprint density at radius 3 is 1.17 bits per heavy atom. The van der Waals surface area contributed by atoms with E-state index in [9.17, 15) is 0 Å². The molecule has 34 valence electrons. The molecule has 0 unspecified atom stereocenters. The smallest absolute Gasteiger partial charge is 0.0514 e. The highest BCUT2D eigenvalue weighted by Gasteiger charge is 1.84. The monoisotopic (exact) mass is 122 g/mol. The van der Waals surface area contributed by atoms with Gasteiger partial charge in [0.2, 0.25) is 0 Å². The van der Waals surface area contributed by atoms with Crippen LogP contribution in [0.1, 0.15) is 0 Å².